The summed E-state index contributed by atoms with van der Waals surface area (Å²) in [6.07, 6.45) is 25.6. The maximum Gasteiger partial charge on any atom is 0.367 e. The van der Waals surface area contributed by atoms with Gasteiger partial charge < -0.3 is 47.9 Å². The molecule has 16 saturated carbocycles. The highest BCUT2D eigenvalue weighted by atomic mass is 32.2. The number of rotatable bonds is 13. The van der Waals surface area contributed by atoms with Crippen LogP contribution in [0.15, 0.2) is 29.2 Å². The summed E-state index contributed by atoms with van der Waals surface area (Å²) in [6, 6.07) is 9.65. The number of aliphatic hydroxyl groups is 2. The Balaban J connectivity index is 0.000000116. The lowest BCUT2D eigenvalue weighted by molar-refractivity contribution is -0.211. The van der Waals surface area contributed by atoms with Crippen molar-refractivity contribution in [1.82, 2.24) is 0 Å². The number of fused-ring (bicyclic) bond motifs is 4. The van der Waals surface area contributed by atoms with Gasteiger partial charge in [0.2, 0.25) is 0 Å². The van der Waals surface area contributed by atoms with Gasteiger partial charge in [-0.1, -0.05) is 32.9 Å². The molecule has 1 aromatic rings. The van der Waals surface area contributed by atoms with E-state index in [2.05, 4.69) is 63.6 Å². The molecule has 20 aliphatic rings. The molecule has 4 aliphatic heterocycles. The van der Waals surface area contributed by atoms with Crippen LogP contribution < -0.4 is 0 Å². The molecule has 21 rings (SSSR count). The molecule has 20 fully saturated rings. The summed E-state index contributed by atoms with van der Waals surface area (Å²) >= 11 is 0. The van der Waals surface area contributed by atoms with Crippen LogP contribution in [-0.2, 0) is 88.4 Å². The molecule has 18 nitrogen and oxygen atoms in total. The predicted octanol–water partition coefficient (Wildman–Crippen LogP) is 10.3. The number of ether oxygens (including phenoxy) is 7. The van der Waals surface area contributed by atoms with Crippen molar-refractivity contribution in [2.45, 2.75) is 257 Å². The molecule has 16 aliphatic carbocycles. The van der Waals surface area contributed by atoms with Gasteiger partial charge in [-0.05, 0) is 263 Å². The van der Waals surface area contributed by atoms with E-state index in [1.807, 2.05) is 6.92 Å². The first kappa shape index (κ1) is 68.8. The fourth-order valence-electron chi connectivity index (χ4n) is 24.5. The van der Waals surface area contributed by atoms with E-state index in [9.17, 15) is 60.7 Å². The number of hydrogen-bond donors (Lipinski definition) is 2. The van der Waals surface area contributed by atoms with Crippen molar-refractivity contribution < 1.29 is 93.9 Å². The van der Waals surface area contributed by atoms with Crippen LogP contribution in [0.2, 0.25) is 0 Å². The van der Waals surface area contributed by atoms with Gasteiger partial charge in [-0.3, -0.25) is 19.2 Å². The largest absolute Gasteiger partial charge is 0.743 e. The Kier molecular flexibility index (Phi) is 17.9. The van der Waals surface area contributed by atoms with E-state index < -0.39 is 107 Å². The van der Waals surface area contributed by atoms with Crippen molar-refractivity contribution in [3.05, 3.63) is 29.8 Å². The summed E-state index contributed by atoms with van der Waals surface area (Å²) in [6.45, 7) is 9.35. The fraction of sp³-hybridized carbons (Fsp3) is 0.840. The number of carbonyl (C=O) groups is 6. The molecule has 2 N–H and O–H groups in total. The minimum atomic E-state index is -6.03. The van der Waals surface area contributed by atoms with Gasteiger partial charge in [0, 0.05) is 34.6 Å². The zero-order valence-corrected chi connectivity index (χ0v) is 58.8. The van der Waals surface area contributed by atoms with Crippen LogP contribution in [0.25, 0.3) is 0 Å². The molecule has 4 heterocycles. The van der Waals surface area contributed by atoms with E-state index >= 15 is 0 Å². The van der Waals surface area contributed by atoms with Crippen molar-refractivity contribution in [1.29, 1.82) is 0 Å². The Morgan fingerprint density at radius 3 is 1.43 bits per heavy atom. The van der Waals surface area contributed by atoms with Gasteiger partial charge in [0.15, 0.2) is 21.6 Å². The van der Waals surface area contributed by atoms with Crippen molar-refractivity contribution in [2.75, 3.05) is 19.8 Å². The number of halogens is 2. The molecule has 12 atom stereocenters. The quantitative estimate of drug-likeness (QED) is 0.0804. The summed E-state index contributed by atoms with van der Waals surface area (Å²) in [5.41, 5.74) is 0.489. The number of alkyl halides is 2. The second-order valence-electron chi connectivity index (χ2n) is 35.3. The van der Waals surface area contributed by atoms with E-state index in [-0.39, 0.29) is 70.2 Å². The number of esters is 6. The molecule has 0 aromatic heterocycles. The fourth-order valence-corrected chi connectivity index (χ4v) is 28.1. The lowest BCUT2D eigenvalue weighted by Crippen LogP contribution is -2.59. The smallest absolute Gasteiger partial charge is 0.367 e. The van der Waals surface area contributed by atoms with E-state index in [1.54, 1.807) is 4.90 Å². The number of carbonyl (C=O) groups excluding carboxylic acids is 6. The van der Waals surface area contributed by atoms with Crippen LogP contribution in [0.3, 0.4) is 0 Å². The molecule has 536 valence electrons. The van der Waals surface area contributed by atoms with Gasteiger partial charge in [0.25, 0.3) is 0 Å². The Bertz CT molecular complexity index is 3240. The molecule has 97 heavy (non-hydrogen) atoms. The average molecular weight is 1390 g/mol. The average Bonchev–Trinajstić information content (AvgIpc) is 1.64. The van der Waals surface area contributed by atoms with Crippen molar-refractivity contribution in [3.8, 4) is 0 Å². The van der Waals surface area contributed by atoms with Crippen LogP contribution >= 0.6 is 0 Å². The maximum absolute atomic E-state index is 13.7. The van der Waals surface area contributed by atoms with E-state index in [4.69, 9.17) is 28.4 Å². The monoisotopic (exact) mass is 1390 g/mol. The molecule has 22 heteroatoms. The zero-order valence-electron chi connectivity index (χ0n) is 57.2. The summed E-state index contributed by atoms with van der Waals surface area (Å²) in [7, 11) is -5.47. The zero-order chi connectivity index (χ0) is 68.4. The van der Waals surface area contributed by atoms with E-state index in [0.29, 0.717) is 52.8 Å². The molecule has 0 radical (unpaired) electrons. The van der Waals surface area contributed by atoms with Crippen LogP contribution in [0, 0.1) is 118 Å². The maximum atomic E-state index is 13.7. The van der Waals surface area contributed by atoms with E-state index in [0.717, 1.165) is 66.3 Å². The second-order valence-corrected chi connectivity index (χ2v) is 39.4. The molecule has 0 spiro atoms. The summed E-state index contributed by atoms with van der Waals surface area (Å²) < 4.78 is 95.3. The highest BCUT2D eigenvalue weighted by Crippen LogP contribution is 2.65. The highest BCUT2D eigenvalue weighted by Gasteiger charge is 2.72. The van der Waals surface area contributed by atoms with Crippen molar-refractivity contribution in [3.63, 3.8) is 0 Å². The summed E-state index contributed by atoms with van der Waals surface area (Å²) in [4.78, 5) is 77.5. The Hall–Kier alpha value is -3.96. The number of hydrogen-bond acceptors (Lipinski definition) is 18. The van der Waals surface area contributed by atoms with Crippen LogP contribution in [0.5, 0.6) is 0 Å². The van der Waals surface area contributed by atoms with Crippen molar-refractivity contribution in [2.24, 2.45) is 118 Å². The molecular weight excluding hydrogens is 1290 g/mol. The lowest BCUT2D eigenvalue weighted by Gasteiger charge is -2.59. The summed E-state index contributed by atoms with van der Waals surface area (Å²) in [5, 5.41) is 17.9. The summed E-state index contributed by atoms with van der Waals surface area (Å²) in [5.74, 6) is 0.549. The topological polar surface area (TPSA) is 265 Å². The third kappa shape index (κ3) is 12.2. The van der Waals surface area contributed by atoms with Crippen LogP contribution in [0.1, 0.15) is 195 Å². The first-order valence-corrected chi connectivity index (χ1v) is 40.0. The standard InChI is InChI=1S/C26H32F2O12S.C20H26O5.C18H27S.C11H18O/c1-25(13-3-11-2-12(5-13)6-14(25)4-11)40-24(32)20-16-7-15-19(20)23(31)39-22(15)21(16)38-18(30)9-36-8-17(29)37-10-26(27,28)41(33,34)35;1-20(10-3-8-2-9(5-10)6-11(20)4-8)25-19(23)14-12-7-13-15(14)18(22)24-17(13)16(12)21;1-18(2,3)14-10-12-17(13-11-14)19-15-6-4-7-16(19)9-5-8-15;1-11(12)9-3-7-2-8(5-9)6-10(11)4-7/h11-16,19-22H,2-10H2,1H3,(H,33,34,35);8-17,21H,2-7H2,1H3;10-13,15-16H,4-9H2,1-3H3;7-10,12H,2-6H2,1H3/q;;+1;/p-1. The number of aliphatic hydroxyl groups excluding tert-OH is 1. The van der Waals surface area contributed by atoms with E-state index in [1.165, 1.54) is 115 Å². The number of benzene rings is 1. The Morgan fingerprint density at radius 1 is 0.588 bits per heavy atom. The molecule has 0 amide bonds. The van der Waals surface area contributed by atoms with Crippen LogP contribution in [0.4, 0.5) is 8.78 Å². The van der Waals surface area contributed by atoms with Crippen LogP contribution in [-0.4, -0.2) is 136 Å². The van der Waals surface area contributed by atoms with Gasteiger partial charge in [-0.15, -0.1) is 0 Å². The Morgan fingerprint density at radius 2 is 0.990 bits per heavy atom. The second kappa shape index (κ2) is 25.2. The Labute approximate surface area is 572 Å². The third-order valence-corrected chi connectivity index (χ3v) is 33.0. The minimum Gasteiger partial charge on any atom is -0.743 e. The van der Waals surface area contributed by atoms with Gasteiger partial charge in [-0.2, -0.15) is 8.78 Å². The first-order chi connectivity index (χ1) is 45.8. The predicted molar refractivity (Wildman–Crippen MR) is 346 cm³/mol. The van der Waals surface area contributed by atoms with Gasteiger partial charge >= 0.3 is 41.1 Å². The molecule has 1 aromatic carbocycles. The van der Waals surface area contributed by atoms with Gasteiger partial charge in [0.05, 0.1) is 35.4 Å². The lowest BCUT2D eigenvalue weighted by atomic mass is 9.50. The minimum absolute atomic E-state index is 0.0105. The molecule has 4 saturated heterocycles. The third-order valence-electron chi connectivity index (χ3n) is 28.9. The van der Waals surface area contributed by atoms with Crippen molar-refractivity contribution >= 4 is 56.8 Å². The molecule has 18 bridgehead atoms. The van der Waals surface area contributed by atoms with Gasteiger partial charge in [0.1, 0.15) is 53.2 Å². The first-order valence-electron chi connectivity index (χ1n) is 37.2. The van der Waals surface area contributed by atoms with Gasteiger partial charge in [-0.25, -0.2) is 18.0 Å². The normalized spacial score (nSPS) is 47.0. The molecular formula is C75H102F2O18S2. The molecule has 12 unspecified atom stereocenters. The SMILES string of the molecule is CC(C)(C)c1ccc([S+]2C3CCCC2CCC3)cc1.CC1(O)C2CC3CC(C2)CC1C3.CC1(OC(=O)C2C3CC4C(OC(=O)C42)C3O)C2CC3CC(C2)CC1C3.CC1(OC(=O)C2C3CC4C(OC(=O)C42)C3OC(=O)COCC(=O)OCC(F)(F)S(=O)(=O)[O-])C2CC3CC(C2)CC1C3. The highest BCUT2D eigenvalue weighted by molar-refractivity contribution is 7.98.